The molecule has 0 bridgehead atoms. The smallest absolute Gasteiger partial charge is 0.255 e. The van der Waals surface area contributed by atoms with E-state index >= 15 is 0 Å². The average Bonchev–Trinajstić information content (AvgIpc) is 2.18. The summed E-state index contributed by atoms with van der Waals surface area (Å²) in [5.41, 5.74) is 5.95. The van der Waals surface area contributed by atoms with Gasteiger partial charge < -0.3 is 10.5 Å². The first-order chi connectivity index (χ1) is 7.73. The lowest BCUT2D eigenvalue weighted by Crippen LogP contribution is -2.22. The van der Waals surface area contributed by atoms with Gasteiger partial charge in [-0.15, -0.1) is 0 Å². The molecule has 0 aliphatic heterocycles. The van der Waals surface area contributed by atoms with Crippen molar-refractivity contribution in [3.8, 4) is 5.75 Å². The molecular formula is C13H18FNO2. The summed E-state index contributed by atoms with van der Waals surface area (Å²) in [6, 6.07) is 3.52. The zero-order chi connectivity index (χ0) is 13.2. The third-order valence-corrected chi connectivity index (χ3v) is 2.46. The molecule has 0 fully saturated rings. The SMILES string of the molecule is Cc1ccc(C(C)(C)C)c(OCC(N)=O)c1F. The van der Waals surface area contributed by atoms with E-state index in [-0.39, 0.29) is 17.8 Å². The molecular weight excluding hydrogens is 221 g/mol. The second kappa shape index (κ2) is 4.73. The molecule has 0 aliphatic rings. The highest BCUT2D eigenvalue weighted by Gasteiger charge is 2.23. The molecule has 0 saturated carbocycles. The minimum Gasteiger partial charge on any atom is -0.480 e. The Bertz CT molecular complexity index is 436. The van der Waals surface area contributed by atoms with Crippen molar-refractivity contribution in [1.82, 2.24) is 0 Å². The summed E-state index contributed by atoms with van der Waals surface area (Å²) in [5.74, 6) is -0.930. The van der Waals surface area contributed by atoms with Crippen LogP contribution in [0.25, 0.3) is 0 Å². The van der Waals surface area contributed by atoms with E-state index in [4.69, 9.17) is 10.5 Å². The van der Waals surface area contributed by atoms with E-state index < -0.39 is 11.7 Å². The van der Waals surface area contributed by atoms with E-state index in [1.807, 2.05) is 26.8 Å². The zero-order valence-corrected chi connectivity index (χ0v) is 10.6. The first kappa shape index (κ1) is 13.5. The molecule has 1 aromatic rings. The number of carbonyl (C=O) groups excluding carboxylic acids is 1. The van der Waals surface area contributed by atoms with Crippen molar-refractivity contribution >= 4 is 5.91 Å². The Kier molecular flexibility index (Phi) is 3.76. The van der Waals surface area contributed by atoms with E-state index in [0.29, 0.717) is 5.56 Å². The summed E-state index contributed by atoms with van der Waals surface area (Å²) >= 11 is 0. The van der Waals surface area contributed by atoms with Crippen molar-refractivity contribution in [3.05, 3.63) is 29.1 Å². The van der Waals surface area contributed by atoms with Crippen LogP contribution in [-0.2, 0) is 10.2 Å². The fourth-order valence-electron chi connectivity index (χ4n) is 1.53. The second-order valence-corrected chi connectivity index (χ2v) is 5.08. The zero-order valence-electron chi connectivity index (χ0n) is 10.6. The number of ether oxygens (including phenoxy) is 1. The Morgan fingerprint density at radius 2 is 2.00 bits per heavy atom. The normalized spacial score (nSPS) is 11.4. The standard InChI is InChI=1S/C13H18FNO2/c1-8-5-6-9(13(2,3)4)12(11(8)14)17-7-10(15)16/h5-6H,7H2,1-4H3,(H2,15,16). The number of nitrogens with two attached hydrogens (primary N) is 1. The number of halogens is 1. The minimum absolute atomic E-state index is 0.122. The largest absolute Gasteiger partial charge is 0.480 e. The summed E-state index contributed by atoms with van der Waals surface area (Å²) in [7, 11) is 0. The van der Waals surface area contributed by atoms with Crippen LogP contribution in [-0.4, -0.2) is 12.5 Å². The summed E-state index contributed by atoms with van der Waals surface area (Å²) < 4.78 is 19.2. The van der Waals surface area contributed by atoms with Gasteiger partial charge in [-0.1, -0.05) is 32.9 Å². The molecule has 0 aromatic heterocycles. The van der Waals surface area contributed by atoms with Crippen molar-refractivity contribution < 1.29 is 13.9 Å². The number of amides is 1. The monoisotopic (exact) mass is 239 g/mol. The van der Waals surface area contributed by atoms with Gasteiger partial charge in [0, 0.05) is 5.56 Å². The summed E-state index contributed by atoms with van der Waals surface area (Å²) in [6.07, 6.45) is 0. The van der Waals surface area contributed by atoms with Gasteiger partial charge in [0.05, 0.1) is 0 Å². The molecule has 4 heteroatoms. The van der Waals surface area contributed by atoms with Gasteiger partial charge in [0.15, 0.2) is 18.2 Å². The van der Waals surface area contributed by atoms with Crippen LogP contribution in [0, 0.1) is 12.7 Å². The van der Waals surface area contributed by atoms with Crippen LogP contribution in [0.4, 0.5) is 4.39 Å². The Morgan fingerprint density at radius 3 is 2.47 bits per heavy atom. The third-order valence-electron chi connectivity index (χ3n) is 2.46. The maximum Gasteiger partial charge on any atom is 0.255 e. The number of hydrogen-bond acceptors (Lipinski definition) is 2. The Labute approximate surface area is 101 Å². The molecule has 2 N–H and O–H groups in total. The van der Waals surface area contributed by atoms with Gasteiger partial charge >= 0.3 is 0 Å². The van der Waals surface area contributed by atoms with Crippen molar-refractivity contribution in [2.24, 2.45) is 5.73 Å². The molecule has 1 rings (SSSR count). The molecule has 17 heavy (non-hydrogen) atoms. The molecule has 1 amide bonds. The first-order valence-corrected chi connectivity index (χ1v) is 5.44. The molecule has 0 aliphatic carbocycles. The van der Waals surface area contributed by atoms with Crippen molar-refractivity contribution in [2.45, 2.75) is 33.1 Å². The van der Waals surface area contributed by atoms with Crippen LogP contribution in [0.2, 0.25) is 0 Å². The lowest BCUT2D eigenvalue weighted by molar-refractivity contribution is -0.120. The van der Waals surface area contributed by atoms with E-state index in [0.717, 1.165) is 5.56 Å². The van der Waals surface area contributed by atoms with Gasteiger partial charge in [-0.2, -0.15) is 0 Å². The number of primary amides is 1. The van der Waals surface area contributed by atoms with E-state index in [1.54, 1.807) is 13.0 Å². The first-order valence-electron chi connectivity index (χ1n) is 5.44. The predicted molar refractivity (Wildman–Crippen MR) is 64.5 cm³/mol. The molecule has 94 valence electrons. The van der Waals surface area contributed by atoms with Gasteiger partial charge in [-0.25, -0.2) is 4.39 Å². The highest BCUT2D eigenvalue weighted by Crippen LogP contribution is 2.34. The minimum atomic E-state index is -0.620. The number of aryl methyl sites for hydroxylation is 1. The van der Waals surface area contributed by atoms with Crippen LogP contribution in [0.3, 0.4) is 0 Å². The maximum atomic E-state index is 14.0. The topological polar surface area (TPSA) is 52.3 Å². The Balaban J connectivity index is 3.22. The Hall–Kier alpha value is -1.58. The highest BCUT2D eigenvalue weighted by molar-refractivity contribution is 5.75. The number of benzene rings is 1. The predicted octanol–water partition coefficient (Wildman–Crippen LogP) is 2.30. The molecule has 3 nitrogen and oxygen atoms in total. The molecule has 0 heterocycles. The molecule has 0 saturated heterocycles. The van der Waals surface area contributed by atoms with Crippen LogP contribution >= 0.6 is 0 Å². The lowest BCUT2D eigenvalue weighted by Gasteiger charge is -2.23. The van der Waals surface area contributed by atoms with Gasteiger partial charge in [0.1, 0.15) is 0 Å². The van der Waals surface area contributed by atoms with Gasteiger partial charge in [-0.3, -0.25) is 4.79 Å². The summed E-state index contributed by atoms with van der Waals surface area (Å²) in [6.45, 7) is 7.19. The maximum absolute atomic E-state index is 14.0. The average molecular weight is 239 g/mol. The van der Waals surface area contributed by atoms with Crippen molar-refractivity contribution in [2.75, 3.05) is 6.61 Å². The number of hydrogen-bond donors (Lipinski definition) is 1. The third kappa shape index (κ3) is 3.19. The number of rotatable bonds is 3. The lowest BCUT2D eigenvalue weighted by atomic mass is 9.85. The quantitative estimate of drug-likeness (QED) is 0.879. The summed E-state index contributed by atoms with van der Waals surface area (Å²) in [5, 5.41) is 0. The summed E-state index contributed by atoms with van der Waals surface area (Å²) in [4.78, 5) is 10.7. The molecule has 0 unspecified atom stereocenters. The van der Waals surface area contributed by atoms with E-state index in [2.05, 4.69) is 0 Å². The second-order valence-electron chi connectivity index (χ2n) is 5.08. The molecule has 0 atom stereocenters. The number of carbonyl (C=O) groups is 1. The van der Waals surface area contributed by atoms with E-state index in [1.165, 1.54) is 0 Å². The molecule has 0 radical (unpaired) electrons. The van der Waals surface area contributed by atoms with E-state index in [9.17, 15) is 9.18 Å². The van der Waals surface area contributed by atoms with Crippen molar-refractivity contribution in [3.63, 3.8) is 0 Å². The van der Waals surface area contributed by atoms with Crippen LogP contribution in [0.1, 0.15) is 31.9 Å². The van der Waals surface area contributed by atoms with Crippen LogP contribution < -0.4 is 10.5 Å². The van der Waals surface area contributed by atoms with Gasteiger partial charge in [0.2, 0.25) is 0 Å². The Morgan fingerprint density at radius 1 is 1.41 bits per heavy atom. The fourth-order valence-corrected chi connectivity index (χ4v) is 1.53. The van der Waals surface area contributed by atoms with Crippen LogP contribution in [0.15, 0.2) is 12.1 Å². The van der Waals surface area contributed by atoms with Crippen LogP contribution in [0.5, 0.6) is 5.75 Å². The molecule has 1 aromatic carbocycles. The van der Waals surface area contributed by atoms with Gasteiger partial charge in [0.25, 0.3) is 5.91 Å². The van der Waals surface area contributed by atoms with Gasteiger partial charge in [-0.05, 0) is 17.9 Å². The highest BCUT2D eigenvalue weighted by atomic mass is 19.1. The van der Waals surface area contributed by atoms with Crippen molar-refractivity contribution in [1.29, 1.82) is 0 Å². The molecule has 0 spiro atoms. The fraction of sp³-hybridized carbons (Fsp3) is 0.462.